The van der Waals surface area contributed by atoms with Gasteiger partial charge in [-0.2, -0.15) is 0 Å². The number of hydrogen-bond donors (Lipinski definition) is 1. The van der Waals surface area contributed by atoms with E-state index in [0.717, 1.165) is 26.9 Å². The highest BCUT2D eigenvalue weighted by atomic mass is 79.9. The Hall–Kier alpha value is -1.32. The van der Waals surface area contributed by atoms with Crippen LogP contribution in [0, 0.1) is 0 Å². The summed E-state index contributed by atoms with van der Waals surface area (Å²) in [6.07, 6.45) is 0. The zero-order valence-corrected chi connectivity index (χ0v) is 13.6. The normalized spacial score (nSPS) is 11.4. The first kappa shape index (κ1) is 13.7. The van der Waals surface area contributed by atoms with Gasteiger partial charge in [0.2, 0.25) is 0 Å². The van der Waals surface area contributed by atoms with E-state index in [4.69, 9.17) is 11.6 Å². The number of aromatic amines is 1. The molecule has 1 aromatic heterocycles. The van der Waals surface area contributed by atoms with Crippen molar-refractivity contribution in [1.29, 1.82) is 0 Å². The Morgan fingerprint density at radius 2 is 1.85 bits per heavy atom. The highest BCUT2D eigenvalue weighted by Gasteiger charge is 2.09. The third-order valence-electron chi connectivity index (χ3n) is 3.36. The minimum absolute atomic E-state index is 0.533. The number of halogens is 2. The van der Waals surface area contributed by atoms with Gasteiger partial charge in [0, 0.05) is 10.0 Å². The Balaban J connectivity index is 2.08. The maximum absolute atomic E-state index is 6.22. The lowest BCUT2D eigenvalue weighted by Crippen LogP contribution is -1.87. The van der Waals surface area contributed by atoms with Crippen LogP contribution in [0.4, 0.5) is 0 Å². The standard InChI is InChI=1S/C16H14BrClN2/c1-9(2)10-3-5-11(6-4-10)16-19-14-8-12(17)7-13(18)15(14)20-16/h3-9H,1-2H3,(H,19,20). The van der Waals surface area contributed by atoms with E-state index >= 15 is 0 Å². The van der Waals surface area contributed by atoms with E-state index in [1.54, 1.807) is 0 Å². The molecule has 0 fully saturated rings. The van der Waals surface area contributed by atoms with Crippen LogP contribution in [0.3, 0.4) is 0 Å². The van der Waals surface area contributed by atoms with Gasteiger partial charge >= 0.3 is 0 Å². The number of aromatic nitrogens is 2. The Bertz CT molecular complexity index is 760. The lowest BCUT2D eigenvalue weighted by Gasteiger charge is -2.05. The van der Waals surface area contributed by atoms with E-state index in [-0.39, 0.29) is 0 Å². The second-order valence-corrected chi connectivity index (χ2v) is 6.47. The summed E-state index contributed by atoms with van der Waals surface area (Å²) in [6.45, 7) is 4.38. The zero-order chi connectivity index (χ0) is 14.3. The van der Waals surface area contributed by atoms with Crippen LogP contribution < -0.4 is 0 Å². The molecule has 0 aliphatic heterocycles. The van der Waals surface area contributed by atoms with Crippen molar-refractivity contribution >= 4 is 38.6 Å². The molecular weight excluding hydrogens is 336 g/mol. The van der Waals surface area contributed by atoms with Crippen molar-refractivity contribution in [2.75, 3.05) is 0 Å². The molecule has 0 spiro atoms. The summed E-state index contributed by atoms with van der Waals surface area (Å²) in [6, 6.07) is 12.3. The van der Waals surface area contributed by atoms with E-state index in [1.807, 2.05) is 12.1 Å². The van der Waals surface area contributed by atoms with Crippen molar-refractivity contribution in [3.8, 4) is 11.4 Å². The number of H-pyrrole nitrogens is 1. The van der Waals surface area contributed by atoms with Gasteiger partial charge in [-0.1, -0.05) is 65.6 Å². The largest absolute Gasteiger partial charge is 0.338 e. The van der Waals surface area contributed by atoms with Crippen molar-refractivity contribution in [1.82, 2.24) is 9.97 Å². The topological polar surface area (TPSA) is 28.7 Å². The van der Waals surface area contributed by atoms with E-state index in [1.165, 1.54) is 5.56 Å². The molecule has 0 amide bonds. The first-order chi connectivity index (χ1) is 9.54. The molecule has 0 radical (unpaired) electrons. The third-order valence-corrected chi connectivity index (χ3v) is 4.10. The van der Waals surface area contributed by atoms with Gasteiger partial charge in [-0.25, -0.2) is 4.98 Å². The van der Waals surface area contributed by atoms with Crippen LogP contribution in [-0.4, -0.2) is 9.97 Å². The van der Waals surface area contributed by atoms with Gasteiger partial charge in [-0.15, -0.1) is 0 Å². The van der Waals surface area contributed by atoms with Crippen LogP contribution in [-0.2, 0) is 0 Å². The monoisotopic (exact) mass is 348 g/mol. The SMILES string of the molecule is CC(C)c1ccc(-c2nc3c(Cl)cc(Br)cc3[nH]2)cc1. The molecule has 20 heavy (non-hydrogen) atoms. The summed E-state index contributed by atoms with van der Waals surface area (Å²) in [5.41, 5.74) is 4.13. The second kappa shape index (κ2) is 5.23. The molecule has 102 valence electrons. The van der Waals surface area contributed by atoms with Crippen molar-refractivity contribution in [2.45, 2.75) is 19.8 Å². The van der Waals surface area contributed by atoms with E-state index in [0.29, 0.717) is 10.9 Å². The fraction of sp³-hybridized carbons (Fsp3) is 0.188. The molecule has 2 nitrogen and oxygen atoms in total. The molecule has 0 unspecified atom stereocenters. The fourth-order valence-corrected chi connectivity index (χ4v) is 3.06. The van der Waals surface area contributed by atoms with Crippen LogP contribution in [0.2, 0.25) is 5.02 Å². The number of nitrogens with one attached hydrogen (secondary N) is 1. The molecule has 0 aliphatic rings. The molecule has 0 atom stereocenters. The molecule has 4 heteroatoms. The number of fused-ring (bicyclic) bond motifs is 1. The van der Waals surface area contributed by atoms with Crippen LogP contribution in [0.5, 0.6) is 0 Å². The van der Waals surface area contributed by atoms with Gasteiger partial charge in [0.1, 0.15) is 11.3 Å². The number of rotatable bonds is 2. The fourth-order valence-electron chi connectivity index (χ4n) is 2.20. The summed E-state index contributed by atoms with van der Waals surface area (Å²) < 4.78 is 0.945. The first-order valence-electron chi connectivity index (χ1n) is 6.49. The second-order valence-electron chi connectivity index (χ2n) is 5.15. The van der Waals surface area contributed by atoms with Gasteiger partial charge in [-0.05, 0) is 23.6 Å². The third kappa shape index (κ3) is 2.48. The summed E-state index contributed by atoms with van der Waals surface area (Å²) in [7, 11) is 0. The Morgan fingerprint density at radius 3 is 2.50 bits per heavy atom. The van der Waals surface area contributed by atoms with E-state index in [9.17, 15) is 0 Å². The van der Waals surface area contributed by atoms with Gasteiger partial charge in [0.05, 0.1) is 10.5 Å². The van der Waals surface area contributed by atoms with Crippen LogP contribution >= 0.6 is 27.5 Å². The predicted octanol–water partition coefficient (Wildman–Crippen LogP) is 5.77. The Kier molecular flexibility index (Phi) is 3.57. The van der Waals surface area contributed by atoms with Crippen molar-refractivity contribution in [2.24, 2.45) is 0 Å². The van der Waals surface area contributed by atoms with Gasteiger partial charge in [-0.3, -0.25) is 0 Å². The van der Waals surface area contributed by atoms with Crippen molar-refractivity contribution < 1.29 is 0 Å². The smallest absolute Gasteiger partial charge is 0.138 e. The van der Waals surface area contributed by atoms with Crippen LogP contribution in [0.25, 0.3) is 22.4 Å². The van der Waals surface area contributed by atoms with Gasteiger partial charge < -0.3 is 4.98 Å². The summed E-state index contributed by atoms with van der Waals surface area (Å²) in [4.78, 5) is 7.91. The van der Waals surface area contributed by atoms with Crippen LogP contribution in [0.15, 0.2) is 40.9 Å². The number of hydrogen-bond acceptors (Lipinski definition) is 1. The first-order valence-corrected chi connectivity index (χ1v) is 7.67. The molecule has 0 bridgehead atoms. The molecule has 0 aliphatic carbocycles. The molecular formula is C16H14BrClN2. The Morgan fingerprint density at radius 1 is 1.15 bits per heavy atom. The molecule has 0 saturated heterocycles. The molecule has 1 N–H and O–H groups in total. The molecule has 1 heterocycles. The lowest BCUT2D eigenvalue weighted by molar-refractivity contribution is 0.867. The number of nitrogens with zero attached hydrogens (tertiary/aromatic N) is 1. The highest BCUT2D eigenvalue weighted by Crippen LogP contribution is 2.29. The summed E-state index contributed by atoms with van der Waals surface area (Å²) in [5.74, 6) is 1.38. The van der Waals surface area contributed by atoms with Crippen LogP contribution in [0.1, 0.15) is 25.3 Å². The average molecular weight is 350 g/mol. The van der Waals surface area contributed by atoms with Crippen molar-refractivity contribution in [3.05, 3.63) is 51.5 Å². The van der Waals surface area contributed by atoms with E-state index in [2.05, 4.69) is 64.0 Å². The highest BCUT2D eigenvalue weighted by molar-refractivity contribution is 9.10. The average Bonchev–Trinajstić information content (AvgIpc) is 2.83. The van der Waals surface area contributed by atoms with Gasteiger partial charge in [0.15, 0.2) is 0 Å². The predicted molar refractivity (Wildman–Crippen MR) is 88.3 cm³/mol. The maximum Gasteiger partial charge on any atom is 0.138 e. The molecule has 0 saturated carbocycles. The summed E-state index contributed by atoms with van der Waals surface area (Å²) in [5, 5.41) is 0.649. The number of imidazole rings is 1. The Labute approximate surface area is 131 Å². The minimum Gasteiger partial charge on any atom is -0.338 e. The number of benzene rings is 2. The van der Waals surface area contributed by atoms with E-state index < -0.39 is 0 Å². The van der Waals surface area contributed by atoms with Gasteiger partial charge in [0.25, 0.3) is 0 Å². The maximum atomic E-state index is 6.22. The lowest BCUT2D eigenvalue weighted by atomic mass is 10.0. The summed E-state index contributed by atoms with van der Waals surface area (Å²) >= 11 is 9.66. The van der Waals surface area contributed by atoms with Crippen molar-refractivity contribution in [3.63, 3.8) is 0 Å². The zero-order valence-electron chi connectivity index (χ0n) is 11.2. The quantitative estimate of drug-likeness (QED) is 0.625. The molecule has 2 aromatic carbocycles. The molecule has 3 aromatic rings. The minimum atomic E-state index is 0.533. The molecule has 3 rings (SSSR count).